The average molecular weight is 313 g/mol. The highest BCUT2D eigenvalue weighted by Gasteiger charge is 2.20. The summed E-state index contributed by atoms with van der Waals surface area (Å²) in [6, 6.07) is 9.77. The summed E-state index contributed by atoms with van der Waals surface area (Å²) < 4.78 is 10.7. The molecule has 0 bridgehead atoms. The van der Waals surface area contributed by atoms with E-state index in [1.54, 1.807) is 18.5 Å². The monoisotopic (exact) mass is 313 g/mol. The van der Waals surface area contributed by atoms with Crippen LogP contribution < -0.4 is 10.1 Å². The first-order valence-corrected chi connectivity index (χ1v) is 8.07. The van der Waals surface area contributed by atoms with E-state index >= 15 is 0 Å². The lowest BCUT2D eigenvalue weighted by atomic mass is 10.3. The van der Waals surface area contributed by atoms with Crippen LogP contribution in [-0.4, -0.2) is 16.7 Å². The van der Waals surface area contributed by atoms with Gasteiger partial charge in [0.05, 0.1) is 11.1 Å². The molecule has 0 saturated heterocycles. The van der Waals surface area contributed by atoms with Crippen LogP contribution >= 0.6 is 11.3 Å². The zero-order valence-electron chi connectivity index (χ0n) is 11.9. The van der Waals surface area contributed by atoms with Crippen LogP contribution in [0.2, 0.25) is 0 Å². The topological polar surface area (TPSA) is 60.2 Å². The predicted molar refractivity (Wildman–Crippen MR) is 85.3 cm³/mol. The van der Waals surface area contributed by atoms with Crippen molar-refractivity contribution in [3.8, 4) is 21.5 Å². The summed E-state index contributed by atoms with van der Waals surface area (Å²) in [4.78, 5) is 5.20. The van der Waals surface area contributed by atoms with E-state index < -0.39 is 0 Å². The van der Waals surface area contributed by atoms with Gasteiger partial charge in [-0.1, -0.05) is 22.6 Å². The highest BCUT2D eigenvalue weighted by atomic mass is 32.1. The van der Waals surface area contributed by atoms with Crippen molar-refractivity contribution in [2.75, 3.05) is 11.9 Å². The zero-order chi connectivity index (χ0) is 14.8. The molecule has 0 spiro atoms. The van der Waals surface area contributed by atoms with E-state index in [-0.39, 0.29) is 0 Å². The first-order valence-electron chi connectivity index (χ1n) is 7.25. The van der Waals surface area contributed by atoms with Gasteiger partial charge in [0.2, 0.25) is 0 Å². The first-order chi connectivity index (χ1) is 10.9. The molecule has 1 aromatic carbocycles. The molecule has 22 heavy (non-hydrogen) atoms. The summed E-state index contributed by atoms with van der Waals surface area (Å²) in [6.45, 7) is 1.04. The zero-order valence-corrected chi connectivity index (χ0v) is 12.7. The van der Waals surface area contributed by atoms with E-state index in [4.69, 9.17) is 9.26 Å². The fourth-order valence-corrected chi connectivity index (χ4v) is 2.86. The normalized spacial score (nSPS) is 14.0. The number of hydrogen-bond acceptors (Lipinski definition) is 6. The molecule has 3 aromatic rings. The van der Waals surface area contributed by atoms with Crippen molar-refractivity contribution >= 4 is 17.0 Å². The van der Waals surface area contributed by atoms with E-state index in [0.717, 1.165) is 34.5 Å². The molecule has 2 heterocycles. The summed E-state index contributed by atoms with van der Waals surface area (Å²) >= 11 is 1.44. The van der Waals surface area contributed by atoms with Gasteiger partial charge in [0, 0.05) is 24.4 Å². The quantitative estimate of drug-likeness (QED) is 0.730. The maximum atomic E-state index is 5.83. The minimum atomic E-state index is 0.595. The number of thiazole rings is 1. The molecule has 0 aliphatic heterocycles. The largest absolute Gasteiger partial charge is 0.431 e. The number of aromatic nitrogens is 2. The molecular weight excluding hydrogens is 298 g/mol. The Bertz CT molecular complexity index is 750. The maximum Gasteiger partial charge on any atom is 0.279 e. The molecule has 6 heteroatoms. The van der Waals surface area contributed by atoms with Crippen molar-refractivity contribution in [1.29, 1.82) is 0 Å². The fraction of sp³-hybridized carbons (Fsp3) is 0.250. The molecule has 4 rings (SSSR count). The van der Waals surface area contributed by atoms with Gasteiger partial charge < -0.3 is 14.6 Å². The Balaban J connectivity index is 1.45. The molecule has 5 nitrogen and oxygen atoms in total. The van der Waals surface area contributed by atoms with Gasteiger partial charge in [-0.3, -0.25) is 0 Å². The van der Waals surface area contributed by atoms with E-state index in [2.05, 4.69) is 21.5 Å². The minimum absolute atomic E-state index is 0.595. The molecule has 2 aromatic heterocycles. The average Bonchev–Trinajstić information content (AvgIpc) is 3.00. The van der Waals surface area contributed by atoms with Gasteiger partial charge in [-0.15, -0.1) is 0 Å². The second kappa shape index (κ2) is 5.81. The Morgan fingerprint density at radius 1 is 1.32 bits per heavy atom. The Morgan fingerprint density at radius 3 is 3.09 bits per heavy atom. The molecule has 0 atom stereocenters. The van der Waals surface area contributed by atoms with Crippen molar-refractivity contribution in [1.82, 2.24) is 10.1 Å². The Hall–Kier alpha value is -2.34. The van der Waals surface area contributed by atoms with Crippen LogP contribution in [0.15, 0.2) is 47.3 Å². The van der Waals surface area contributed by atoms with Crippen LogP contribution in [0.3, 0.4) is 0 Å². The summed E-state index contributed by atoms with van der Waals surface area (Å²) in [5, 5.41) is 7.93. The van der Waals surface area contributed by atoms with Crippen LogP contribution in [0.25, 0.3) is 10.6 Å². The summed E-state index contributed by atoms with van der Waals surface area (Å²) in [5.74, 6) is 1.62. The molecule has 1 aliphatic rings. The SMILES string of the molecule is c1cc(NCC2CC2)cc(Oc2ncc(-c3ccon3)s2)c1. The van der Waals surface area contributed by atoms with Gasteiger partial charge in [0.25, 0.3) is 5.19 Å². The highest BCUT2D eigenvalue weighted by Crippen LogP contribution is 2.33. The third-order valence-corrected chi connectivity index (χ3v) is 4.40. The van der Waals surface area contributed by atoms with Gasteiger partial charge in [0.1, 0.15) is 17.7 Å². The second-order valence-electron chi connectivity index (χ2n) is 5.33. The number of nitrogens with zero attached hydrogens (tertiary/aromatic N) is 2. The number of hydrogen-bond donors (Lipinski definition) is 1. The lowest BCUT2D eigenvalue weighted by Crippen LogP contribution is -2.02. The Labute approximate surface area is 131 Å². The van der Waals surface area contributed by atoms with Crippen molar-refractivity contribution < 1.29 is 9.26 Å². The van der Waals surface area contributed by atoms with Gasteiger partial charge in [-0.2, -0.15) is 0 Å². The predicted octanol–water partition coefficient (Wildman–Crippen LogP) is 4.41. The summed E-state index contributed by atoms with van der Waals surface area (Å²) in [7, 11) is 0. The van der Waals surface area contributed by atoms with Gasteiger partial charge in [0.15, 0.2) is 0 Å². The third kappa shape index (κ3) is 3.12. The van der Waals surface area contributed by atoms with E-state index in [0.29, 0.717) is 5.19 Å². The molecule has 0 radical (unpaired) electrons. The maximum absolute atomic E-state index is 5.83. The number of benzene rings is 1. The van der Waals surface area contributed by atoms with Crippen molar-refractivity contribution in [2.45, 2.75) is 12.8 Å². The molecule has 1 aliphatic carbocycles. The second-order valence-corrected chi connectivity index (χ2v) is 6.32. The van der Waals surface area contributed by atoms with E-state index in [1.165, 1.54) is 24.2 Å². The van der Waals surface area contributed by atoms with Crippen molar-refractivity contribution in [3.63, 3.8) is 0 Å². The van der Waals surface area contributed by atoms with Crippen LogP contribution in [0, 0.1) is 5.92 Å². The van der Waals surface area contributed by atoms with E-state index in [9.17, 15) is 0 Å². The van der Waals surface area contributed by atoms with Gasteiger partial charge >= 0.3 is 0 Å². The summed E-state index contributed by atoms with van der Waals surface area (Å²) in [6.07, 6.45) is 5.97. The molecule has 0 amide bonds. The minimum Gasteiger partial charge on any atom is -0.431 e. The van der Waals surface area contributed by atoms with Crippen LogP contribution in [0.1, 0.15) is 12.8 Å². The van der Waals surface area contributed by atoms with Crippen LogP contribution in [0.4, 0.5) is 5.69 Å². The molecule has 1 saturated carbocycles. The van der Waals surface area contributed by atoms with Crippen molar-refractivity contribution in [2.24, 2.45) is 5.92 Å². The lowest BCUT2D eigenvalue weighted by molar-refractivity contribution is 0.422. The molecular formula is C16H15N3O2S. The molecule has 1 fully saturated rings. The van der Waals surface area contributed by atoms with E-state index in [1.807, 2.05) is 18.2 Å². The Kier molecular flexibility index (Phi) is 3.52. The standard InChI is InChI=1S/C16H15N3O2S/c1-2-12(17-9-11-4-5-11)8-13(3-1)21-16-18-10-15(22-16)14-6-7-20-19-14/h1-3,6-8,10-11,17H,4-5,9H2. The number of ether oxygens (including phenoxy) is 1. The fourth-order valence-electron chi connectivity index (χ4n) is 2.12. The van der Waals surface area contributed by atoms with Crippen molar-refractivity contribution in [3.05, 3.63) is 42.8 Å². The Morgan fingerprint density at radius 2 is 2.27 bits per heavy atom. The highest BCUT2D eigenvalue weighted by molar-refractivity contribution is 7.16. The summed E-state index contributed by atoms with van der Waals surface area (Å²) in [5.41, 5.74) is 1.85. The lowest BCUT2D eigenvalue weighted by Gasteiger charge is -2.07. The number of anilines is 1. The molecule has 0 unspecified atom stereocenters. The van der Waals surface area contributed by atoms with Gasteiger partial charge in [-0.05, 0) is 30.9 Å². The molecule has 112 valence electrons. The third-order valence-electron chi connectivity index (χ3n) is 3.51. The van der Waals surface area contributed by atoms with Gasteiger partial charge in [-0.25, -0.2) is 4.98 Å². The number of rotatable bonds is 6. The smallest absolute Gasteiger partial charge is 0.279 e. The number of nitrogens with one attached hydrogen (secondary N) is 1. The van der Waals surface area contributed by atoms with Crippen LogP contribution in [-0.2, 0) is 0 Å². The van der Waals surface area contributed by atoms with Crippen LogP contribution in [0.5, 0.6) is 10.9 Å². The molecule has 1 N–H and O–H groups in total. The first kappa shape index (κ1) is 13.3.